The number of Topliss-reactive ketones (excluding diaryl/α,β-unsaturated/α-hetero) is 1. The van der Waals surface area contributed by atoms with Gasteiger partial charge in [-0.3, -0.25) is 9.59 Å². The number of aromatic nitrogens is 1. The first kappa shape index (κ1) is 24.6. The molecule has 182 valence electrons. The molecule has 3 aromatic rings. The lowest BCUT2D eigenvalue weighted by molar-refractivity contribution is -0.129. The fourth-order valence-corrected chi connectivity index (χ4v) is 5.17. The highest BCUT2D eigenvalue weighted by Crippen LogP contribution is 2.41. The number of rotatable bonds is 9. The van der Waals surface area contributed by atoms with Crippen LogP contribution in [0.3, 0.4) is 0 Å². The van der Waals surface area contributed by atoms with Crippen LogP contribution in [0.2, 0.25) is 0 Å². The van der Waals surface area contributed by atoms with Gasteiger partial charge in [-0.2, -0.15) is 0 Å². The topological polar surface area (TPSA) is 83.0 Å². The molecule has 0 saturated heterocycles. The van der Waals surface area contributed by atoms with Crippen molar-refractivity contribution >= 4 is 23.0 Å². The third-order valence-electron chi connectivity index (χ3n) is 5.84. The highest BCUT2D eigenvalue weighted by molar-refractivity contribution is 7.17. The summed E-state index contributed by atoms with van der Waals surface area (Å²) in [7, 11) is 3.83. The predicted molar refractivity (Wildman–Crippen MR) is 137 cm³/mol. The summed E-state index contributed by atoms with van der Waals surface area (Å²) in [4.78, 5) is 35.6. The first-order chi connectivity index (χ1) is 16.8. The van der Waals surface area contributed by atoms with Gasteiger partial charge in [0.2, 0.25) is 5.78 Å². The fourth-order valence-electron chi connectivity index (χ4n) is 4.15. The van der Waals surface area contributed by atoms with Crippen molar-refractivity contribution in [2.45, 2.75) is 19.9 Å². The molecule has 1 N–H and O–H groups in total. The number of benzene rings is 2. The monoisotopic (exact) mass is 491 g/mol. The van der Waals surface area contributed by atoms with Crippen LogP contribution in [0.4, 0.5) is 0 Å². The molecule has 8 heteroatoms. The van der Waals surface area contributed by atoms with Crippen LogP contribution < -0.4 is 4.74 Å². The molecular formula is C27H29N3O4S. The summed E-state index contributed by atoms with van der Waals surface area (Å²) in [6, 6.07) is 16.2. The van der Waals surface area contributed by atoms with Gasteiger partial charge in [-0.15, -0.1) is 11.3 Å². The van der Waals surface area contributed by atoms with E-state index in [-0.39, 0.29) is 11.4 Å². The molecule has 2 aromatic carbocycles. The number of aliphatic hydroxyl groups is 1. The van der Waals surface area contributed by atoms with Gasteiger partial charge in [0.1, 0.15) is 10.8 Å². The zero-order chi connectivity index (χ0) is 25.1. The molecule has 1 amide bonds. The largest absolute Gasteiger partial charge is 0.503 e. The number of aliphatic hydroxyl groups excluding tert-OH is 1. The average molecular weight is 492 g/mol. The lowest BCUT2D eigenvalue weighted by Gasteiger charge is -2.28. The molecular weight excluding hydrogens is 462 g/mol. The second-order valence-electron chi connectivity index (χ2n) is 8.60. The van der Waals surface area contributed by atoms with E-state index in [2.05, 4.69) is 4.98 Å². The summed E-state index contributed by atoms with van der Waals surface area (Å²) < 4.78 is 5.66. The first-order valence-electron chi connectivity index (χ1n) is 11.5. The van der Waals surface area contributed by atoms with Crippen molar-refractivity contribution in [1.29, 1.82) is 0 Å². The molecule has 1 aliphatic rings. The van der Waals surface area contributed by atoms with E-state index in [0.29, 0.717) is 41.6 Å². The summed E-state index contributed by atoms with van der Waals surface area (Å²) in [5, 5.41) is 11.7. The standard InChI is InChI=1S/C27H29N3O4S/c1-5-34-20-13-9-12-19(16-20)22-21(24(32)27(33)30(22)15-14-29(3)4)23(31)25-17(2)28-26(35-25)18-10-7-6-8-11-18/h6-13,16,22,32H,5,14-15H2,1-4H3. The SMILES string of the molecule is CCOc1cccc(C2C(C(=O)c3sc(-c4ccccc4)nc3C)=C(O)C(=O)N2CCN(C)C)c1. The molecule has 0 spiro atoms. The Labute approximate surface area is 209 Å². The molecule has 0 fully saturated rings. The first-order valence-corrected chi connectivity index (χ1v) is 12.3. The zero-order valence-corrected chi connectivity index (χ0v) is 21.1. The smallest absolute Gasteiger partial charge is 0.290 e. The van der Waals surface area contributed by atoms with Crippen LogP contribution in [0.25, 0.3) is 10.6 Å². The summed E-state index contributed by atoms with van der Waals surface area (Å²) >= 11 is 1.27. The Morgan fingerprint density at radius 1 is 1.17 bits per heavy atom. The molecule has 0 saturated carbocycles. The average Bonchev–Trinajstić information content (AvgIpc) is 3.36. The van der Waals surface area contributed by atoms with Crippen LogP contribution in [-0.2, 0) is 4.79 Å². The van der Waals surface area contributed by atoms with E-state index in [9.17, 15) is 14.7 Å². The van der Waals surface area contributed by atoms with Gasteiger partial charge in [0, 0.05) is 18.7 Å². The maximum absolute atomic E-state index is 13.9. The third kappa shape index (κ3) is 4.99. The number of hydrogen-bond acceptors (Lipinski definition) is 7. The number of amides is 1. The van der Waals surface area contributed by atoms with E-state index >= 15 is 0 Å². The zero-order valence-electron chi connectivity index (χ0n) is 20.3. The van der Waals surface area contributed by atoms with E-state index in [0.717, 1.165) is 10.6 Å². The minimum atomic E-state index is -0.725. The van der Waals surface area contributed by atoms with E-state index in [1.165, 1.54) is 11.3 Å². The summed E-state index contributed by atoms with van der Waals surface area (Å²) in [5.41, 5.74) is 2.27. The third-order valence-corrected chi connectivity index (χ3v) is 7.05. The number of ether oxygens (including phenoxy) is 1. The van der Waals surface area contributed by atoms with Crippen molar-refractivity contribution in [2.24, 2.45) is 0 Å². The second-order valence-corrected chi connectivity index (χ2v) is 9.60. The van der Waals surface area contributed by atoms with Gasteiger partial charge in [-0.05, 0) is 45.6 Å². The number of carbonyl (C=O) groups is 2. The molecule has 2 heterocycles. The van der Waals surface area contributed by atoms with Crippen LogP contribution >= 0.6 is 11.3 Å². The Bertz CT molecular complexity index is 1270. The lowest BCUT2D eigenvalue weighted by Crippen LogP contribution is -2.36. The van der Waals surface area contributed by atoms with Crippen molar-refractivity contribution in [3.63, 3.8) is 0 Å². The van der Waals surface area contributed by atoms with Gasteiger partial charge in [0.05, 0.1) is 28.8 Å². The normalized spacial score (nSPS) is 15.9. The minimum absolute atomic E-state index is 0.0776. The number of ketones is 1. The Balaban J connectivity index is 1.78. The van der Waals surface area contributed by atoms with Gasteiger partial charge in [-0.25, -0.2) is 4.98 Å². The molecule has 7 nitrogen and oxygen atoms in total. The second kappa shape index (κ2) is 10.4. The van der Waals surface area contributed by atoms with Gasteiger partial charge in [-0.1, -0.05) is 42.5 Å². The van der Waals surface area contributed by atoms with Crippen molar-refractivity contribution in [1.82, 2.24) is 14.8 Å². The molecule has 0 bridgehead atoms. The molecule has 0 aliphatic carbocycles. The van der Waals surface area contributed by atoms with E-state index in [1.54, 1.807) is 11.8 Å². The highest BCUT2D eigenvalue weighted by Gasteiger charge is 2.44. The molecule has 1 unspecified atom stereocenters. The minimum Gasteiger partial charge on any atom is -0.503 e. The van der Waals surface area contributed by atoms with Gasteiger partial charge in [0.15, 0.2) is 5.76 Å². The van der Waals surface area contributed by atoms with Crippen molar-refractivity contribution in [2.75, 3.05) is 33.8 Å². The van der Waals surface area contributed by atoms with Crippen molar-refractivity contribution in [3.8, 4) is 16.3 Å². The quantitative estimate of drug-likeness (QED) is 0.439. The van der Waals surface area contributed by atoms with Crippen LogP contribution in [0.15, 0.2) is 65.9 Å². The number of hydrogen-bond donors (Lipinski definition) is 1. The maximum Gasteiger partial charge on any atom is 0.290 e. The maximum atomic E-state index is 13.9. The number of carbonyl (C=O) groups excluding carboxylic acids is 2. The molecule has 4 rings (SSSR count). The predicted octanol–water partition coefficient (Wildman–Crippen LogP) is 4.66. The molecule has 35 heavy (non-hydrogen) atoms. The number of aryl methyl sites for hydroxylation is 1. The summed E-state index contributed by atoms with van der Waals surface area (Å²) in [5.74, 6) is -0.794. The Morgan fingerprint density at radius 3 is 2.60 bits per heavy atom. The summed E-state index contributed by atoms with van der Waals surface area (Å²) in [6.45, 7) is 5.10. The molecule has 1 aromatic heterocycles. The number of nitrogens with zero attached hydrogens (tertiary/aromatic N) is 3. The lowest BCUT2D eigenvalue weighted by atomic mass is 9.95. The Hall–Kier alpha value is -3.49. The van der Waals surface area contributed by atoms with Crippen molar-refractivity contribution < 1.29 is 19.4 Å². The number of thiazole rings is 1. The molecule has 1 atom stereocenters. The van der Waals surface area contributed by atoms with Crippen LogP contribution in [0, 0.1) is 6.92 Å². The molecule has 0 radical (unpaired) electrons. The van der Waals surface area contributed by atoms with Gasteiger partial charge < -0.3 is 19.6 Å². The van der Waals surface area contributed by atoms with E-state index < -0.39 is 17.7 Å². The Kier molecular flexibility index (Phi) is 7.33. The van der Waals surface area contributed by atoms with Gasteiger partial charge >= 0.3 is 0 Å². The van der Waals surface area contributed by atoms with E-state index in [4.69, 9.17) is 4.74 Å². The fraction of sp³-hybridized carbons (Fsp3) is 0.296. The van der Waals surface area contributed by atoms with Crippen LogP contribution in [0.1, 0.15) is 33.9 Å². The van der Waals surface area contributed by atoms with Crippen LogP contribution in [-0.4, -0.2) is 65.4 Å². The van der Waals surface area contributed by atoms with Gasteiger partial charge in [0.25, 0.3) is 5.91 Å². The van der Waals surface area contributed by atoms with E-state index in [1.807, 2.05) is 80.5 Å². The molecule has 1 aliphatic heterocycles. The van der Waals surface area contributed by atoms with Crippen LogP contribution in [0.5, 0.6) is 5.75 Å². The number of likely N-dealkylation sites (N-methyl/N-ethyl adjacent to an activating group) is 1. The summed E-state index contributed by atoms with van der Waals surface area (Å²) in [6.07, 6.45) is 0. The Morgan fingerprint density at radius 2 is 1.91 bits per heavy atom. The highest BCUT2D eigenvalue weighted by atomic mass is 32.1. The van der Waals surface area contributed by atoms with Crippen molar-refractivity contribution in [3.05, 3.63) is 82.1 Å².